The molecule has 192 valence electrons. The maximum atomic E-state index is 12.9. The zero-order valence-electron chi connectivity index (χ0n) is 21.8. The molecule has 38 heavy (non-hydrogen) atoms. The van der Waals surface area contributed by atoms with Crippen LogP contribution in [0.4, 0.5) is 11.6 Å². The number of hydrogen-bond donors (Lipinski definition) is 2. The Labute approximate surface area is 221 Å². The van der Waals surface area contributed by atoms with Gasteiger partial charge in [-0.15, -0.1) is 0 Å². The number of carbonyl (C=O) groups is 1. The Bertz CT molecular complexity index is 1560. The second-order valence-electron chi connectivity index (χ2n) is 10.2. The van der Waals surface area contributed by atoms with Crippen LogP contribution in [0.25, 0.3) is 22.3 Å². The lowest BCUT2D eigenvalue weighted by atomic mass is 9.86. The van der Waals surface area contributed by atoms with Gasteiger partial charge in [0.1, 0.15) is 0 Å². The molecule has 0 spiro atoms. The van der Waals surface area contributed by atoms with Crippen LogP contribution in [0.1, 0.15) is 49.7 Å². The lowest BCUT2D eigenvalue weighted by molar-refractivity contribution is 0.0754. The fourth-order valence-corrected chi connectivity index (χ4v) is 4.61. The molecule has 1 aliphatic rings. The third kappa shape index (κ3) is 5.48. The number of aromatic nitrogens is 4. The average molecular weight is 507 g/mol. The minimum atomic E-state index is -0.628. The van der Waals surface area contributed by atoms with E-state index in [1.165, 1.54) is 0 Å². The number of carbonyl (C=O) groups excluding carboxylic acids is 1. The van der Waals surface area contributed by atoms with Crippen LogP contribution < -0.4 is 5.32 Å². The third-order valence-corrected chi connectivity index (χ3v) is 7.05. The fourth-order valence-electron chi connectivity index (χ4n) is 4.61. The molecule has 8 nitrogen and oxygen atoms in total. The Kier molecular flexibility index (Phi) is 7.03. The Morgan fingerprint density at radius 1 is 1.11 bits per heavy atom. The van der Waals surface area contributed by atoms with E-state index >= 15 is 0 Å². The SMILES string of the molecule is C/C(=C/C(=O)c1cc2cc(Nc3nccc(-c4cc(C(C)(C)C#N)ccn4)n3)ccc2[nH]1)C1CCOCC1. The number of nitrogens with one attached hydrogen (secondary N) is 2. The van der Waals surface area contributed by atoms with E-state index in [0.29, 0.717) is 28.9 Å². The van der Waals surface area contributed by atoms with E-state index in [2.05, 4.69) is 31.3 Å². The maximum absolute atomic E-state index is 12.9. The summed E-state index contributed by atoms with van der Waals surface area (Å²) < 4.78 is 5.44. The van der Waals surface area contributed by atoms with Crippen molar-refractivity contribution in [3.63, 3.8) is 0 Å². The van der Waals surface area contributed by atoms with Crippen LogP contribution in [0.15, 0.2) is 66.5 Å². The minimum absolute atomic E-state index is 0.0231. The van der Waals surface area contributed by atoms with Crippen molar-refractivity contribution in [1.82, 2.24) is 19.9 Å². The van der Waals surface area contributed by atoms with Gasteiger partial charge in [-0.2, -0.15) is 5.26 Å². The number of anilines is 2. The van der Waals surface area contributed by atoms with Crippen molar-refractivity contribution in [2.24, 2.45) is 5.92 Å². The molecule has 1 aromatic carbocycles. The van der Waals surface area contributed by atoms with Crippen molar-refractivity contribution in [3.8, 4) is 17.5 Å². The van der Waals surface area contributed by atoms with Gasteiger partial charge >= 0.3 is 0 Å². The molecule has 4 heterocycles. The number of benzene rings is 1. The number of aromatic amines is 1. The highest BCUT2D eigenvalue weighted by molar-refractivity contribution is 6.06. The van der Waals surface area contributed by atoms with Crippen molar-refractivity contribution >= 4 is 28.3 Å². The van der Waals surface area contributed by atoms with Crippen LogP contribution in [0, 0.1) is 17.2 Å². The Balaban J connectivity index is 1.34. The Morgan fingerprint density at radius 3 is 2.68 bits per heavy atom. The van der Waals surface area contributed by atoms with Crippen LogP contribution in [-0.4, -0.2) is 38.9 Å². The van der Waals surface area contributed by atoms with Gasteiger partial charge in [0.05, 0.1) is 28.6 Å². The number of nitriles is 1. The summed E-state index contributed by atoms with van der Waals surface area (Å²) in [5.74, 6) is 0.805. The molecule has 0 amide bonds. The van der Waals surface area contributed by atoms with E-state index < -0.39 is 5.41 Å². The first-order valence-electron chi connectivity index (χ1n) is 12.7. The van der Waals surface area contributed by atoms with Crippen LogP contribution in [-0.2, 0) is 10.2 Å². The van der Waals surface area contributed by atoms with E-state index in [0.717, 1.165) is 53.8 Å². The largest absolute Gasteiger partial charge is 0.381 e. The first-order chi connectivity index (χ1) is 18.3. The van der Waals surface area contributed by atoms with Crippen molar-refractivity contribution in [3.05, 3.63) is 77.8 Å². The van der Waals surface area contributed by atoms with Gasteiger partial charge in [-0.25, -0.2) is 9.97 Å². The molecule has 2 N–H and O–H groups in total. The zero-order chi connectivity index (χ0) is 26.7. The minimum Gasteiger partial charge on any atom is -0.381 e. The summed E-state index contributed by atoms with van der Waals surface area (Å²) in [5.41, 5.74) is 4.92. The molecule has 0 aliphatic carbocycles. The van der Waals surface area contributed by atoms with Gasteiger partial charge in [-0.1, -0.05) is 5.57 Å². The highest BCUT2D eigenvalue weighted by Crippen LogP contribution is 2.27. The lowest BCUT2D eigenvalue weighted by Crippen LogP contribution is -2.17. The van der Waals surface area contributed by atoms with Crippen molar-refractivity contribution < 1.29 is 9.53 Å². The van der Waals surface area contributed by atoms with Crippen LogP contribution in [0.2, 0.25) is 0 Å². The highest BCUT2D eigenvalue weighted by Gasteiger charge is 2.21. The van der Waals surface area contributed by atoms with Crippen molar-refractivity contribution in [2.75, 3.05) is 18.5 Å². The summed E-state index contributed by atoms with van der Waals surface area (Å²) in [5, 5.41) is 13.7. The molecule has 1 saturated heterocycles. The first kappa shape index (κ1) is 25.3. The summed E-state index contributed by atoms with van der Waals surface area (Å²) in [6.45, 7) is 7.28. The molecule has 3 aromatic heterocycles. The monoisotopic (exact) mass is 506 g/mol. The molecule has 8 heteroatoms. The van der Waals surface area contributed by atoms with Crippen LogP contribution >= 0.6 is 0 Å². The summed E-state index contributed by atoms with van der Waals surface area (Å²) in [6, 6.07) is 15.5. The molecule has 5 rings (SSSR count). The lowest BCUT2D eigenvalue weighted by Gasteiger charge is -2.22. The topological polar surface area (TPSA) is 117 Å². The maximum Gasteiger partial charge on any atom is 0.227 e. The fraction of sp³-hybridized carbons (Fsp3) is 0.300. The number of fused-ring (bicyclic) bond motifs is 1. The highest BCUT2D eigenvalue weighted by atomic mass is 16.5. The third-order valence-electron chi connectivity index (χ3n) is 7.05. The Hall–Kier alpha value is -4.35. The molecular formula is C30H30N6O2. The molecular weight excluding hydrogens is 476 g/mol. The van der Waals surface area contributed by atoms with Crippen LogP contribution in [0.3, 0.4) is 0 Å². The molecule has 0 saturated carbocycles. The summed E-state index contributed by atoms with van der Waals surface area (Å²) >= 11 is 0. The predicted molar refractivity (Wildman–Crippen MR) is 147 cm³/mol. The van der Waals surface area contributed by atoms with Gasteiger partial charge in [0, 0.05) is 42.2 Å². The quantitative estimate of drug-likeness (QED) is 0.229. The summed E-state index contributed by atoms with van der Waals surface area (Å²) in [4.78, 5) is 29.6. The van der Waals surface area contributed by atoms with E-state index in [-0.39, 0.29) is 5.78 Å². The van der Waals surface area contributed by atoms with E-state index in [1.54, 1.807) is 24.5 Å². The van der Waals surface area contributed by atoms with Gasteiger partial charge in [0.15, 0.2) is 0 Å². The van der Waals surface area contributed by atoms with Gasteiger partial charge in [0.2, 0.25) is 11.7 Å². The number of nitrogens with zero attached hydrogens (tertiary/aromatic N) is 4. The van der Waals surface area contributed by atoms with Gasteiger partial charge < -0.3 is 15.0 Å². The number of pyridine rings is 1. The first-order valence-corrected chi connectivity index (χ1v) is 12.7. The van der Waals surface area contributed by atoms with Gasteiger partial charge in [-0.05, 0) is 93.6 Å². The zero-order valence-corrected chi connectivity index (χ0v) is 21.8. The average Bonchev–Trinajstić information content (AvgIpc) is 3.37. The summed E-state index contributed by atoms with van der Waals surface area (Å²) in [6.07, 6.45) is 7.03. The van der Waals surface area contributed by atoms with Crippen molar-refractivity contribution in [2.45, 2.75) is 39.0 Å². The molecule has 0 bridgehead atoms. The Morgan fingerprint density at radius 2 is 1.89 bits per heavy atom. The smallest absolute Gasteiger partial charge is 0.227 e. The number of rotatable bonds is 7. The van der Waals surface area contributed by atoms with Gasteiger partial charge in [-0.3, -0.25) is 9.78 Å². The normalized spacial score (nSPS) is 14.8. The molecule has 4 aromatic rings. The van der Waals surface area contributed by atoms with Crippen LogP contribution in [0.5, 0.6) is 0 Å². The predicted octanol–water partition coefficient (Wildman–Crippen LogP) is 6.12. The van der Waals surface area contributed by atoms with Gasteiger partial charge in [0.25, 0.3) is 0 Å². The second kappa shape index (κ2) is 10.6. The van der Waals surface area contributed by atoms with E-state index in [4.69, 9.17) is 4.74 Å². The molecule has 1 aliphatic heterocycles. The standard InChI is InChI=1S/C30H30N6O2/c1-19(20-8-12-38-13-9-20)14-28(37)27-16-21-15-23(4-5-24(21)35-27)34-29-33-11-7-25(36-29)26-17-22(6-10-32-26)30(2,3)18-31/h4-7,10-11,14-17,20,35H,8-9,12-13H2,1-3H3,(H,33,34,36)/b19-14-. The molecule has 0 unspecified atom stereocenters. The van der Waals surface area contributed by atoms with E-state index in [1.807, 2.05) is 57.2 Å². The number of ether oxygens (including phenoxy) is 1. The number of ketones is 1. The van der Waals surface area contributed by atoms with E-state index in [9.17, 15) is 10.1 Å². The number of allylic oxidation sites excluding steroid dienone is 2. The molecule has 0 radical (unpaired) electrons. The second-order valence-corrected chi connectivity index (χ2v) is 10.2. The van der Waals surface area contributed by atoms with Crippen molar-refractivity contribution in [1.29, 1.82) is 5.26 Å². The summed E-state index contributed by atoms with van der Waals surface area (Å²) in [7, 11) is 0. The molecule has 0 atom stereocenters. The number of H-pyrrole nitrogens is 1. The molecule has 1 fully saturated rings. The number of hydrogen-bond acceptors (Lipinski definition) is 7.